The molecule has 0 atom stereocenters. The van der Waals surface area contributed by atoms with E-state index in [4.69, 9.17) is 4.42 Å². The van der Waals surface area contributed by atoms with Crippen molar-refractivity contribution in [3.05, 3.63) is 46.3 Å². The normalized spacial score (nSPS) is 16.6. The lowest BCUT2D eigenvalue weighted by Crippen LogP contribution is -2.26. The van der Waals surface area contributed by atoms with Crippen LogP contribution < -0.4 is 5.63 Å². The second-order valence-corrected chi connectivity index (χ2v) is 5.19. The number of hydrazone groups is 1. The van der Waals surface area contributed by atoms with E-state index in [2.05, 4.69) is 5.10 Å². The molecule has 0 bridgehead atoms. The Balaban J connectivity index is 1.98. The predicted octanol–water partition coefficient (Wildman–Crippen LogP) is 3.00. The fourth-order valence-corrected chi connectivity index (χ4v) is 2.56. The van der Waals surface area contributed by atoms with E-state index in [1.54, 1.807) is 6.07 Å². The van der Waals surface area contributed by atoms with E-state index in [1.807, 2.05) is 36.2 Å². The SMILES string of the molecule is C/C(=N/N1CCCCC1)c1cc2ccccc2oc1=O. The van der Waals surface area contributed by atoms with Gasteiger partial charge in [0.1, 0.15) is 5.58 Å². The molecule has 3 rings (SSSR count). The van der Waals surface area contributed by atoms with Crippen molar-refractivity contribution < 1.29 is 4.42 Å². The molecular formula is C16H18N2O2. The summed E-state index contributed by atoms with van der Waals surface area (Å²) >= 11 is 0. The Bertz CT molecular complexity index is 697. The number of para-hydroxylation sites is 1. The van der Waals surface area contributed by atoms with E-state index in [-0.39, 0.29) is 5.63 Å². The van der Waals surface area contributed by atoms with Gasteiger partial charge in [0.15, 0.2) is 0 Å². The third-order valence-electron chi connectivity index (χ3n) is 3.66. The van der Waals surface area contributed by atoms with Crippen molar-refractivity contribution in [3.63, 3.8) is 0 Å². The Morgan fingerprint density at radius 3 is 2.75 bits per heavy atom. The molecule has 0 spiro atoms. The van der Waals surface area contributed by atoms with Gasteiger partial charge in [0, 0.05) is 18.5 Å². The largest absolute Gasteiger partial charge is 0.422 e. The predicted molar refractivity (Wildman–Crippen MR) is 80.1 cm³/mol. The third kappa shape index (κ3) is 2.59. The fraction of sp³-hybridized carbons (Fsp3) is 0.375. The maximum atomic E-state index is 12.1. The highest BCUT2D eigenvalue weighted by Crippen LogP contribution is 2.14. The molecule has 1 aliphatic rings. The van der Waals surface area contributed by atoms with Gasteiger partial charge in [-0.1, -0.05) is 18.2 Å². The van der Waals surface area contributed by atoms with E-state index in [9.17, 15) is 4.79 Å². The molecule has 104 valence electrons. The summed E-state index contributed by atoms with van der Waals surface area (Å²) < 4.78 is 5.35. The van der Waals surface area contributed by atoms with Crippen molar-refractivity contribution in [2.75, 3.05) is 13.1 Å². The van der Waals surface area contributed by atoms with Crippen molar-refractivity contribution in [3.8, 4) is 0 Å². The van der Waals surface area contributed by atoms with Crippen molar-refractivity contribution in [1.29, 1.82) is 0 Å². The molecule has 0 N–H and O–H groups in total. The van der Waals surface area contributed by atoms with Crippen LogP contribution in [-0.4, -0.2) is 23.8 Å². The van der Waals surface area contributed by atoms with Crippen LogP contribution in [0.3, 0.4) is 0 Å². The smallest absolute Gasteiger partial charge is 0.345 e. The number of fused-ring (bicyclic) bond motifs is 1. The molecule has 0 aliphatic carbocycles. The maximum absolute atomic E-state index is 12.1. The first-order valence-electron chi connectivity index (χ1n) is 7.07. The van der Waals surface area contributed by atoms with Crippen LogP contribution in [0.5, 0.6) is 0 Å². The number of rotatable bonds is 2. The van der Waals surface area contributed by atoms with Crippen LogP contribution in [0, 0.1) is 0 Å². The maximum Gasteiger partial charge on any atom is 0.345 e. The number of hydrogen-bond donors (Lipinski definition) is 0. The first-order chi connectivity index (χ1) is 9.74. The Morgan fingerprint density at radius 2 is 1.95 bits per heavy atom. The molecule has 1 aromatic heterocycles. The summed E-state index contributed by atoms with van der Waals surface area (Å²) in [4.78, 5) is 12.1. The van der Waals surface area contributed by atoms with Gasteiger partial charge in [-0.05, 0) is 38.3 Å². The summed E-state index contributed by atoms with van der Waals surface area (Å²) in [6, 6.07) is 9.40. The van der Waals surface area contributed by atoms with E-state index in [0.717, 1.165) is 24.2 Å². The van der Waals surface area contributed by atoms with Crippen LogP contribution in [0.25, 0.3) is 11.0 Å². The monoisotopic (exact) mass is 270 g/mol. The minimum Gasteiger partial charge on any atom is -0.422 e. The molecule has 4 heteroatoms. The van der Waals surface area contributed by atoms with Gasteiger partial charge in [0.25, 0.3) is 0 Å². The molecule has 0 unspecified atom stereocenters. The molecule has 4 nitrogen and oxygen atoms in total. The summed E-state index contributed by atoms with van der Waals surface area (Å²) in [7, 11) is 0. The molecule has 1 saturated heterocycles. The zero-order chi connectivity index (χ0) is 13.9. The average Bonchev–Trinajstić information content (AvgIpc) is 2.47. The van der Waals surface area contributed by atoms with E-state index in [1.165, 1.54) is 19.3 Å². The Kier molecular flexibility index (Phi) is 3.54. The number of hydrogen-bond acceptors (Lipinski definition) is 4. The lowest BCUT2D eigenvalue weighted by atomic mass is 10.1. The van der Waals surface area contributed by atoms with Crippen molar-refractivity contribution in [2.24, 2.45) is 5.10 Å². The number of benzene rings is 1. The molecule has 2 aromatic rings. The van der Waals surface area contributed by atoms with Crippen LogP contribution in [0.4, 0.5) is 0 Å². The van der Waals surface area contributed by atoms with Gasteiger partial charge in [0.05, 0.1) is 11.3 Å². The third-order valence-corrected chi connectivity index (χ3v) is 3.66. The lowest BCUT2D eigenvalue weighted by Gasteiger charge is -2.24. The van der Waals surface area contributed by atoms with Gasteiger partial charge in [-0.2, -0.15) is 5.10 Å². The van der Waals surface area contributed by atoms with E-state index >= 15 is 0 Å². The van der Waals surface area contributed by atoms with Crippen LogP contribution in [-0.2, 0) is 0 Å². The Labute approximate surface area is 117 Å². The number of piperidine rings is 1. The number of nitrogens with zero attached hydrogens (tertiary/aromatic N) is 2. The molecule has 0 amide bonds. The Hall–Kier alpha value is -2.10. The second kappa shape index (κ2) is 5.49. The lowest BCUT2D eigenvalue weighted by molar-refractivity contribution is 0.239. The first-order valence-corrected chi connectivity index (χ1v) is 7.07. The second-order valence-electron chi connectivity index (χ2n) is 5.19. The van der Waals surface area contributed by atoms with Crippen molar-refractivity contribution in [2.45, 2.75) is 26.2 Å². The highest BCUT2D eigenvalue weighted by Gasteiger charge is 2.11. The minimum atomic E-state index is -0.318. The summed E-state index contributed by atoms with van der Waals surface area (Å²) in [6.45, 7) is 3.81. The van der Waals surface area contributed by atoms with Crippen LogP contribution in [0.2, 0.25) is 0 Å². The molecular weight excluding hydrogens is 252 g/mol. The van der Waals surface area contributed by atoms with Crippen LogP contribution in [0.15, 0.2) is 44.6 Å². The highest BCUT2D eigenvalue weighted by atomic mass is 16.4. The van der Waals surface area contributed by atoms with Crippen LogP contribution >= 0.6 is 0 Å². The molecule has 2 heterocycles. The van der Waals surface area contributed by atoms with Crippen LogP contribution in [0.1, 0.15) is 31.7 Å². The van der Waals surface area contributed by atoms with Gasteiger partial charge < -0.3 is 4.42 Å². The topological polar surface area (TPSA) is 45.8 Å². The first kappa shape index (κ1) is 12.9. The van der Waals surface area contributed by atoms with E-state index in [0.29, 0.717) is 11.1 Å². The zero-order valence-electron chi connectivity index (χ0n) is 11.6. The van der Waals surface area contributed by atoms with Gasteiger partial charge in [0.2, 0.25) is 0 Å². The van der Waals surface area contributed by atoms with Crippen molar-refractivity contribution >= 4 is 16.7 Å². The minimum absolute atomic E-state index is 0.318. The zero-order valence-corrected chi connectivity index (χ0v) is 11.6. The molecule has 0 saturated carbocycles. The summed E-state index contributed by atoms with van der Waals surface area (Å²) in [5, 5.41) is 7.54. The highest BCUT2D eigenvalue weighted by molar-refractivity contribution is 6.00. The van der Waals surface area contributed by atoms with Gasteiger partial charge >= 0.3 is 5.63 Å². The molecule has 1 aliphatic heterocycles. The van der Waals surface area contributed by atoms with Gasteiger partial charge in [-0.25, -0.2) is 4.79 Å². The molecule has 1 fully saturated rings. The average molecular weight is 270 g/mol. The molecule has 0 radical (unpaired) electrons. The Morgan fingerprint density at radius 1 is 1.20 bits per heavy atom. The van der Waals surface area contributed by atoms with Gasteiger partial charge in [-0.15, -0.1) is 0 Å². The fourth-order valence-electron chi connectivity index (χ4n) is 2.56. The summed E-state index contributed by atoms with van der Waals surface area (Å²) in [5.74, 6) is 0. The summed E-state index contributed by atoms with van der Waals surface area (Å²) in [6.07, 6.45) is 3.61. The quantitative estimate of drug-likeness (QED) is 0.622. The van der Waals surface area contributed by atoms with Gasteiger partial charge in [-0.3, -0.25) is 5.01 Å². The molecule has 20 heavy (non-hydrogen) atoms. The standard InChI is InChI=1S/C16H18N2O2/c1-12(17-18-9-5-2-6-10-18)14-11-13-7-3-4-8-15(13)20-16(14)19/h3-4,7-8,11H,2,5-6,9-10H2,1H3/b17-12-. The van der Waals surface area contributed by atoms with E-state index < -0.39 is 0 Å². The molecule has 1 aromatic carbocycles. The van der Waals surface area contributed by atoms with Crippen molar-refractivity contribution in [1.82, 2.24) is 5.01 Å². The summed E-state index contributed by atoms with van der Waals surface area (Å²) in [5.41, 5.74) is 1.58.